The number of halogens is 3. The molecule has 0 fully saturated rings. The van der Waals surface area contributed by atoms with Crippen molar-refractivity contribution in [2.45, 2.75) is 13.3 Å². The van der Waals surface area contributed by atoms with Gasteiger partial charge in [-0.05, 0) is 54.6 Å². The standard InChI is InChI=1S/C26H21Br2ClN4O4/c1-3-23-32-21-9-4-16(27)11-20(21)26(35)33(23)30-13-15-10-17(28)12-22(36-2)25(15)37-14-24(34)31-19-7-5-18(29)6-8-19/h4-13H,3,14H2,1-2H3,(H,31,34). The van der Waals surface area contributed by atoms with Gasteiger partial charge in [-0.15, -0.1) is 0 Å². The lowest BCUT2D eigenvalue weighted by Crippen LogP contribution is -2.22. The lowest BCUT2D eigenvalue weighted by atomic mass is 10.2. The number of hydrogen-bond acceptors (Lipinski definition) is 6. The van der Waals surface area contributed by atoms with E-state index in [0.29, 0.717) is 55.4 Å². The number of rotatable bonds is 8. The molecule has 37 heavy (non-hydrogen) atoms. The summed E-state index contributed by atoms with van der Waals surface area (Å²) in [5, 5.41) is 8.19. The normalized spacial score (nSPS) is 11.2. The zero-order valence-electron chi connectivity index (χ0n) is 19.8. The number of aromatic nitrogens is 2. The molecule has 190 valence electrons. The Kier molecular flexibility index (Phi) is 8.63. The van der Waals surface area contributed by atoms with Crippen LogP contribution in [0, 0.1) is 0 Å². The molecule has 4 rings (SSSR count). The monoisotopic (exact) mass is 646 g/mol. The number of nitrogens with zero attached hydrogens (tertiary/aromatic N) is 3. The average molecular weight is 649 g/mol. The number of ether oxygens (including phenoxy) is 2. The second-order valence-corrected chi connectivity index (χ2v) is 10.0. The fraction of sp³-hybridized carbons (Fsp3) is 0.154. The fourth-order valence-corrected chi connectivity index (χ4v) is 4.46. The van der Waals surface area contributed by atoms with Crippen LogP contribution >= 0.6 is 43.5 Å². The van der Waals surface area contributed by atoms with Gasteiger partial charge in [0.2, 0.25) is 0 Å². The topological polar surface area (TPSA) is 94.8 Å². The molecular weight excluding hydrogens is 628 g/mol. The lowest BCUT2D eigenvalue weighted by molar-refractivity contribution is -0.118. The molecule has 0 aliphatic carbocycles. The molecule has 1 aromatic heterocycles. The first-order valence-electron chi connectivity index (χ1n) is 11.1. The molecule has 0 spiro atoms. The lowest BCUT2D eigenvalue weighted by Gasteiger charge is -2.14. The third-order valence-corrected chi connectivity index (χ3v) is 6.45. The van der Waals surface area contributed by atoms with Gasteiger partial charge in [0.05, 0.1) is 24.2 Å². The van der Waals surface area contributed by atoms with Crippen molar-refractivity contribution in [2.75, 3.05) is 19.0 Å². The van der Waals surface area contributed by atoms with Crippen LogP contribution in [0.4, 0.5) is 5.69 Å². The van der Waals surface area contributed by atoms with E-state index in [1.165, 1.54) is 18.0 Å². The largest absolute Gasteiger partial charge is 0.493 e. The highest BCUT2D eigenvalue weighted by Gasteiger charge is 2.15. The Labute approximate surface area is 234 Å². The van der Waals surface area contributed by atoms with Gasteiger partial charge in [0.25, 0.3) is 11.5 Å². The van der Waals surface area contributed by atoms with Crippen LogP contribution in [0.2, 0.25) is 5.02 Å². The molecule has 0 saturated carbocycles. The van der Waals surface area contributed by atoms with Crippen LogP contribution in [-0.4, -0.2) is 35.5 Å². The molecule has 8 nitrogen and oxygen atoms in total. The second kappa shape index (κ2) is 11.9. The fourth-order valence-electron chi connectivity index (χ4n) is 3.52. The van der Waals surface area contributed by atoms with Crippen LogP contribution in [0.1, 0.15) is 18.3 Å². The van der Waals surface area contributed by atoms with Crippen LogP contribution in [0.15, 0.2) is 73.4 Å². The maximum absolute atomic E-state index is 13.2. The van der Waals surface area contributed by atoms with Gasteiger partial charge in [0.1, 0.15) is 5.82 Å². The van der Waals surface area contributed by atoms with E-state index in [-0.39, 0.29) is 18.1 Å². The third kappa shape index (κ3) is 6.38. The predicted octanol–water partition coefficient (Wildman–Crippen LogP) is 6.05. The zero-order chi connectivity index (χ0) is 26.5. The first-order chi connectivity index (χ1) is 17.8. The molecule has 0 atom stereocenters. The number of fused-ring (bicyclic) bond motifs is 1. The molecule has 0 bridgehead atoms. The average Bonchev–Trinajstić information content (AvgIpc) is 2.88. The molecular formula is C26H21Br2ClN4O4. The highest BCUT2D eigenvalue weighted by molar-refractivity contribution is 9.10. The Morgan fingerprint density at radius 1 is 1.14 bits per heavy atom. The van der Waals surface area contributed by atoms with E-state index in [1.807, 2.05) is 13.0 Å². The van der Waals surface area contributed by atoms with Crippen molar-refractivity contribution in [1.29, 1.82) is 0 Å². The second-order valence-electron chi connectivity index (χ2n) is 7.77. The van der Waals surface area contributed by atoms with Crippen LogP contribution in [0.25, 0.3) is 10.9 Å². The number of nitrogens with one attached hydrogen (secondary N) is 1. The van der Waals surface area contributed by atoms with Crippen molar-refractivity contribution in [2.24, 2.45) is 5.10 Å². The van der Waals surface area contributed by atoms with Crippen molar-refractivity contribution < 1.29 is 14.3 Å². The minimum atomic E-state index is -0.371. The molecule has 1 amide bonds. The highest BCUT2D eigenvalue weighted by atomic mass is 79.9. The molecule has 1 N–H and O–H groups in total. The number of benzene rings is 3. The molecule has 4 aromatic rings. The molecule has 0 aliphatic heterocycles. The zero-order valence-corrected chi connectivity index (χ0v) is 23.7. The molecule has 1 heterocycles. The minimum Gasteiger partial charge on any atom is -0.493 e. The van der Waals surface area contributed by atoms with Crippen LogP contribution < -0.4 is 20.3 Å². The van der Waals surface area contributed by atoms with E-state index in [9.17, 15) is 9.59 Å². The van der Waals surface area contributed by atoms with Crippen LogP contribution in [0.5, 0.6) is 11.5 Å². The van der Waals surface area contributed by atoms with Gasteiger partial charge in [-0.2, -0.15) is 9.78 Å². The van der Waals surface area contributed by atoms with Gasteiger partial charge in [0.15, 0.2) is 18.1 Å². The molecule has 0 unspecified atom stereocenters. The van der Waals surface area contributed by atoms with Gasteiger partial charge in [-0.3, -0.25) is 9.59 Å². The number of methoxy groups -OCH3 is 1. The summed E-state index contributed by atoms with van der Waals surface area (Å²) in [5.74, 6) is 0.814. The predicted molar refractivity (Wildman–Crippen MR) is 152 cm³/mol. The number of hydrogen-bond donors (Lipinski definition) is 1. The van der Waals surface area contributed by atoms with E-state index in [1.54, 1.807) is 48.5 Å². The SMILES string of the molecule is CCc1nc2ccc(Br)cc2c(=O)n1N=Cc1cc(Br)cc(OC)c1OCC(=O)Nc1ccc(Cl)cc1. The summed E-state index contributed by atoms with van der Waals surface area (Å²) < 4.78 is 14.1. The number of amides is 1. The van der Waals surface area contributed by atoms with Gasteiger partial charge >= 0.3 is 0 Å². The Hall–Kier alpha value is -3.21. The van der Waals surface area contributed by atoms with Gasteiger partial charge < -0.3 is 14.8 Å². The van der Waals surface area contributed by atoms with Gasteiger partial charge in [-0.1, -0.05) is 50.4 Å². The van der Waals surface area contributed by atoms with Crippen LogP contribution in [-0.2, 0) is 11.2 Å². The quantitative estimate of drug-likeness (QED) is 0.235. The van der Waals surface area contributed by atoms with E-state index >= 15 is 0 Å². The van der Waals surface area contributed by atoms with Crippen molar-refractivity contribution >= 4 is 72.2 Å². The summed E-state index contributed by atoms with van der Waals surface area (Å²) in [6, 6.07) is 15.5. The van der Waals surface area contributed by atoms with E-state index in [2.05, 4.69) is 47.3 Å². The summed E-state index contributed by atoms with van der Waals surface area (Å²) in [7, 11) is 1.49. The number of aryl methyl sites for hydroxylation is 1. The number of carbonyl (C=O) groups is 1. The van der Waals surface area contributed by atoms with Crippen LogP contribution in [0.3, 0.4) is 0 Å². The highest BCUT2D eigenvalue weighted by Crippen LogP contribution is 2.34. The van der Waals surface area contributed by atoms with Crippen molar-refractivity contribution in [3.8, 4) is 11.5 Å². The van der Waals surface area contributed by atoms with E-state index in [0.717, 1.165) is 4.47 Å². The van der Waals surface area contributed by atoms with E-state index in [4.69, 9.17) is 21.1 Å². The van der Waals surface area contributed by atoms with Gasteiger partial charge in [0, 0.05) is 31.6 Å². The Morgan fingerprint density at radius 2 is 1.89 bits per heavy atom. The summed E-state index contributed by atoms with van der Waals surface area (Å²) in [5.41, 5.74) is 1.38. The Morgan fingerprint density at radius 3 is 2.59 bits per heavy atom. The molecule has 0 saturated heterocycles. The minimum absolute atomic E-state index is 0.285. The summed E-state index contributed by atoms with van der Waals surface area (Å²) in [4.78, 5) is 30.3. The molecule has 11 heteroatoms. The van der Waals surface area contributed by atoms with Gasteiger partial charge in [-0.25, -0.2) is 4.98 Å². The molecule has 0 aliphatic rings. The van der Waals surface area contributed by atoms with Crippen molar-refractivity contribution in [3.63, 3.8) is 0 Å². The Bertz CT molecular complexity index is 1560. The first kappa shape index (κ1) is 26.8. The first-order valence-corrected chi connectivity index (χ1v) is 13.1. The summed E-state index contributed by atoms with van der Waals surface area (Å²) in [6.07, 6.45) is 1.97. The third-order valence-electron chi connectivity index (χ3n) is 5.25. The molecule has 0 radical (unpaired) electrons. The summed E-state index contributed by atoms with van der Waals surface area (Å²) in [6.45, 7) is 1.61. The molecule has 3 aromatic carbocycles. The van der Waals surface area contributed by atoms with E-state index < -0.39 is 0 Å². The van der Waals surface area contributed by atoms with Crippen molar-refractivity contribution in [1.82, 2.24) is 9.66 Å². The maximum atomic E-state index is 13.2. The number of carbonyl (C=O) groups excluding carboxylic acids is 1. The maximum Gasteiger partial charge on any atom is 0.282 e. The smallest absolute Gasteiger partial charge is 0.282 e. The Balaban J connectivity index is 1.66. The summed E-state index contributed by atoms with van der Waals surface area (Å²) >= 11 is 12.8. The van der Waals surface area contributed by atoms with Crippen molar-refractivity contribution in [3.05, 3.63) is 90.3 Å². The number of anilines is 1.